The third-order valence-corrected chi connectivity index (χ3v) is 6.30. The number of carbonyl (C=O) groups excluding carboxylic acids is 2. The van der Waals surface area contributed by atoms with E-state index in [9.17, 15) is 9.59 Å². The highest BCUT2D eigenvalue weighted by atomic mass is 32.1. The van der Waals surface area contributed by atoms with Crippen molar-refractivity contribution >= 4 is 33.2 Å². The number of nitrogens with one attached hydrogen (secondary N) is 1. The summed E-state index contributed by atoms with van der Waals surface area (Å²) in [5, 5.41) is 12.5. The van der Waals surface area contributed by atoms with Crippen LogP contribution in [0.5, 0.6) is 0 Å². The molecule has 2 aromatic carbocycles. The first-order valence-corrected chi connectivity index (χ1v) is 10.4. The molecule has 1 aliphatic rings. The number of thiazole rings is 1. The van der Waals surface area contributed by atoms with E-state index in [1.54, 1.807) is 0 Å². The molecule has 0 unspecified atom stereocenters. The number of hydrogen-bond donors (Lipinski definition) is 1. The molecule has 0 radical (unpaired) electrons. The van der Waals surface area contributed by atoms with E-state index in [2.05, 4.69) is 47.6 Å². The van der Waals surface area contributed by atoms with Crippen LogP contribution in [0, 0.1) is 23.7 Å². The average molecular weight is 404 g/mol. The van der Waals surface area contributed by atoms with Crippen molar-refractivity contribution in [3.05, 3.63) is 53.0 Å². The number of Topliss-reactive ketones (excluding diaryl/α,β-unsaturated/α-hetero) is 1. The van der Waals surface area contributed by atoms with Crippen LogP contribution >= 0.6 is 11.3 Å². The van der Waals surface area contributed by atoms with Crippen LogP contribution in [0.15, 0.2) is 42.5 Å². The van der Waals surface area contributed by atoms with Gasteiger partial charge in [0.2, 0.25) is 5.91 Å². The zero-order chi connectivity index (χ0) is 20.4. The molecular weight excluding hydrogens is 382 g/mol. The summed E-state index contributed by atoms with van der Waals surface area (Å²) in [4.78, 5) is 28.8. The SMILES string of the molecule is Cc1cc2nc(CC(=O)NCC(=O)CC3(C#N)CC3)sc2cc1-c1ccccc1. The smallest absolute Gasteiger partial charge is 0.227 e. The van der Waals surface area contributed by atoms with Gasteiger partial charge in [0.1, 0.15) is 5.01 Å². The van der Waals surface area contributed by atoms with E-state index in [0.29, 0.717) is 0 Å². The first-order valence-electron chi connectivity index (χ1n) is 9.63. The van der Waals surface area contributed by atoms with Gasteiger partial charge in [-0.25, -0.2) is 4.98 Å². The maximum absolute atomic E-state index is 12.2. The summed E-state index contributed by atoms with van der Waals surface area (Å²) < 4.78 is 1.04. The Bertz CT molecular complexity index is 1120. The van der Waals surface area contributed by atoms with Crippen LogP contribution in [-0.4, -0.2) is 23.2 Å². The predicted molar refractivity (Wildman–Crippen MR) is 113 cm³/mol. The second kappa shape index (κ2) is 7.76. The fraction of sp³-hybridized carbons (Fsp3) is 0.304. The van der Waals surface area contributed by atoms with E-state index in [1.807, 2.05) is 18.2 Å². The number of hydrogen-bond acceptors (Lipinski definition) is 5. The number of carbonyl (C=O) groups is 2. The number of aryl methyl sites for hydroxylation is 1. The highest BCUT2D eigenvalue weighted by molar-refractivity contribution is 7.18. The first kappa shape index (κ1) is 19.3. The molecule has 0 bridgehead atoms. The van der Waals surface area contributed by atoms with Crippen LogP contribution in [0.25, 0.3) is 21.3 Å². The Morgan fingerprint density at radius 1 is 1.24 bits per heavy atom. The molecule has 146 valence electrons. The summed E-state index contributed by atoms with van der Waals surface area (Å²) >= 11 is 1.50. The van der Waals surface area contributed by atoms with E-state index in [0.717, 1.165) is 44.8 Å². The van der Waals surface area contributed by atoms with Crippen LogP contribution < -0.4 is 5.32 Å². The van der Waals surface area contributed by atoms with Crippen molar-refractivity contribution in [2.75, 3.05) is 6.54 Å². The standard InChI is InChI=1S/C23H21N3O2S/c1-15-9-19-20(10-18(15)16-5-3-2-4-6-16)29-22(26-19)11-21(28)25-13-17(27)12-23(14-24)7-8-23/h2-6,9-10H,7-8,11-13H2,1H3,(H,25,28). The molecule has 0 atom stereocenters. The molecular formula is C23H21N3O2S. The fourth-order valence-electron chi connectivity index (χ4n) is 3.45. The summed E-state index contributed by atoms with van der Waals surface area (Å²) in [7, 11) is 0. The van der Waals surface area contributed by atoms with Gasteiger partial charge in [-0.15, -0.1) is 11.3 Å². The number of benzene rings is 2. The third kappa shape index (κ3) is 4.36. The van der Waals surface area contributed by atoms with Gasteiger partial charge >= 0.3 is 0 Å². The fourth-order valence-corrected chi connectivity index (χ4v) is 4.43. The molecule has 1 aromatic heterocycles. The molecule has 6 heteroatoms. The van der Waals surface area contributed by atoms with E-state index < -0.39 is 5.41 Å². The van der Waals surface area contributed by atoms with Crippen molar-refractivity contribution in [3.63, 3.8) is 0 Å². The van der Waals surface area contributed by atoms with Gasteiger partial charge in [0, 0.05) is 6.42 Å². The topological polar surface area (TPSA) is 82.8 Å². The monoisotopic (exact) mass is 403 g/mol. The van der Waals surface area contributed by atoms with Crippen LogP contribution in [0.3, 0.4) is 0 Å². The third-order valence-electron chi connectivity index (χ3n) is 5.28. The van der Waals surface area contributed by atoms with Crippen LogP contribution in [0.2, 0.25) is 0 Å². The lowest BCUT2D eigenvalue weighted by molar-refractivity contribution is -0.125. The van der Waals surface area contributed by atoms with Crippen molar-refractivity contribution in [2.45, 2.75) is 32.6 Å². The van der Waals surface area contributed by atoms with Gasteiger partial charge < -0.3 is 5.32 Å². The normalized spacial score (nSPS) is 14.3. The largest absolute Gasteiger partial charge is 0.349 e. The summed E-state index contributed by atoms with van der Waals surface area (Å²) in [6.45, 7) is 2.04. The Balaban J connectivity index is 1.41. The van der Waals surface area contributed by atoms with Crippen LogP contribution in [-0.2, 0) is 16.0 Å². The Labute approximate surface area is 173 Å². The van der Waals surface area contributed by atoms with Gasteiger partial charge in [-0.3, -0.25) is 9.59 Å². The Kier molecular flexibility index (Phi) is 5.16. The lowest BCUT2D eigenvalue weighted by atomic mass is 10.0. The first-order chi connectivity index (χ1) is 14.0. The van der Waals surface area contributed by atoms with Gasteiger partial charge in [-0.1, -0.05) is 30.3 Å². The van der Waals surface area contributed by atoms with E-state index >= 15 is 0 Å². The summed E-state index contributed by atoms with van der Waals surface area (Å²) in [6.07, 6.45) is 1.93. The molecule has 4 rings (SSSR count). The Hall–Kier alpha value is -3.04. The summed E-state index contributed by atoms with van der Waals surface area (Å²) in [5.41, 5.74) is 3.87. The minimum atomic E-state index is -0.469. The molecule has 0 spiro atoms. The maximum Gasteiger partial charge on any atom is 0.227 e. The Morgan fingerprint density at radius 3 is 2.69 bits per heavy atom. The minimum absolute atomic E-state index is 0.0234. The number of fused-ring (bicyclic) bond motifs is 1. The highest BCUT2D eigenvalue weighted by Crippen LogP contribution is 2.48. The number of rotatable bonds is 7. The van der Waals surface area contributed by atoms with Gasteiger partial charge in [0.25, 0.3) is 0 Å². The number of nitrogens with zero attached hydrogens (tertiary/aromatic N) is 2. The maximum atomic E-state index is 12.2. The lowest BCUT2D eigenvalue weighted by Gasteiger charge is -2.06. The zero-order valence-corrected chi connectivity index (χ0v) is 17.0. The number of amides is 1. The molecule has 1 fully saturated rings. The molecule has 1 amide bonds. The second-order valence-electron chi connectivity index (χ2n) is 7.67. The number of ketones is 1. The summed E-state index contributed by atoms with van der Waals surface area (Å²) in [6, 6.07) is 16.6. The van der Waals surface area contributed by atoms with Crippen LogP contribution in [0.4, 0.5) is 0 Å². The van der Waals surface area contributed by atoms with Gasteiger partial charge in [0.05, 0.1) is 34.7 Å². The summed E-state index contributed by atoms with van der Waals surface area (Å²) in [5.74, 6) is -0.316. The molecule has 1 N–H and O–H groups in total. The molecule has 3 aromatic rings. The van der Waals surface area contributed by atoms with Crippen LogP contribution in [0.1, 0.15) is 29.8 Å². The minimum Gasteiger partial charge on any atom is -0.349 e. The van der Waals surface area contributed by atoms with Gasteiger partial charge in [0.15, 0.2) is 5.78 Å². The second-order valence-corrected chi connectivity index (χ2v) is 8.78. The molecule has 1 saturated carbocycles. The molecule has 1 aliphatic carbocycles. The van der Waals surface area contributed by atoms with E-state index in [1.165, 1.54) is 11.3 Å². The van der Waals surface area contributed by atoms with E-state index in [-0.39, 0.29) is 31.1 Å². The van der Waals surface area contributed by atoms with Crippen molar-refractivity contribution in [1.29, 1.82) is 5.26 Å². The quantitative estimate of drug-likeness (QED) is 0.641. The van der Waals surface area contributed by atoms with E-state index in [4.69, 9.17) is 5.26 Å². The lowest BCUT2D eigenvalue weighted by Crippen LogP contribution is -2.31. The molecule has 1 heterocycles. The number of aromatic nitrogens is 1. The average Bonchev–Trinajstić information content (AvgIpc) is 3.38. The zero-order valence-electron chi connectivity index (χ0n) is 16.2. The number of nitriles is 1. The van der Waals surface area contributed by atoms with Crippen molar-refractivity contribution in [3.8, 4) is 17.2 Å². The van der Waals surface area contributed by atoms with Gasteiger partial charge in [-0.2, -0.15) is 5.26 Å². The van der Waals surface area contributed by atoms with Crippen molar-refractivity contribution in [2.24, 2.45) is 5.41 Å². The molecule has 0 saturated heterocycles. The predicted octanol–water partition coefficient (Wildman–Crippen LogP) is 4.19. The van der Waals surface area contributed by atoms with Gasteiger partial charge in [-0.05, 0) is 48.6 Å². The Morgan fingerprint density at radius 2 is 2.00 bits per heavy atom. The molecule has 5 nitrogen and oxygen atoms in total. The highest BCUT2D eigenvalue weighted by Gasteiger charge is 2.44. The molecule has 29 heavy (non-hydrogen) atoms. The van der Waals surface area contributed by atoms with Crippen molar-refractivity contribution < 1.29 is 9.59 Å². The molecule has 0 aliphatic heterocycles. The van der Waals surface area contributed by atoms with Crippen molar-refractivity contribution in [1.82, 2.24) is 10.3 Å².